The van der Waals surface area contributed by atoms with E-state index in [-0.39, 0.29) is 0 Å². The van der Waals surface area contributed by atoms with Gasteiger partial charge in [-0.1, -0.05) is 24.3 Å². The second-order valence-corrected chi connectivity index (χ2v) is 11.9. The van der Waals surface area contributed by atoms with Gasteiger partial charge in [-0.25, -0.2) is 9.97 Å². The molecule has 0 fully saturated rings. The minimum atomic E-state index is 0.934. The number of fused-ring (bicyclic) bond motifs is 8. The van der Waals surface area contributed by atoms with Crippen molar-refractivity contribution in [1.82, 2.24) is 19.9 Å². The van der Waals surface area contributed by atoms with Crippen molar-refractivity contribution in [1.29, 1.82) is 0 Å². The average molecular weight is 577 g/mol. The van der Waals surface area contributed by atoms with E-state index >= 15 is 0 Å². The highest BCUT2D eigenvalue weighted by Crippen LogP contribution is 2.35. The van der Waals surface area contributed by atoms with Crippen molar-refractivity contribution in [2.24, 2.45) is 0 Å². The predicted molar refractivity (Wildman–Crippen MR) is 188 cm³/mol. The third-order valence-electron chi connectivity index (χ3n) is 8.62. The lowest BCUT2D eigenvalue weighted by atomic mass is 10.0. The summed E-state index contributed by atoms with van der Waals surface area (Å²) in [6.45, 7) is 4.26. The molecular formula is C38H36N6. The fourth-order valence-electron chi connectivity index (χ4n) is 5.95. The van der Waals surface area contributed by atoms with Crippen LogP contribution in [0.2, 0.25) is 0 Å². The number of rotatable bonds is 4. The summed E-state index contributed by atoms with van der Waals surface area (Å²) in [6, 6.07) is 25.9. The summed E-state index contributed by atoms with van der Waals surface area (Å²) in [5.74, 6) is 0. The van der Waals surface area contributed by atoms with Crippen LogP contribution in [0.15, 0.2) is 72.8 Å². The largest absolute Gasteiger partial charge is 0.378 e. The second-order valence-electron chi connectivity index (χ2n) is 11.9. The van der Waals surface area contributed by atoms with Crippen LogP contribution in [0.25, 0.3) is 68.6 Å². The number of H-pyrrole nitrogens is 2. The summed E-state index contributed by atoms with van der Waals surface area (Å²) < 4.78 is 0. The Labute approximate surface area is 258 Å². The minimum Gasteiger partial charge on any atom is -0.378 e. The molecule has 8 bridgehead atoms. The number of hydrogen-bond acceptors (Lipinski definition) is 4. The Morgan fingerprint density at radius 3 is 1.14 bits per heavy atom. The van der Waals surface area contributed by atoms with E-state index in [9.17, 15) is 0 Å². The third kappa shape index (κ3) is 4.78. The van der Waals surface area contributed by atoms with Crippen LogP contribution >= 0.6 is 0 Å². The molecule has 2 aromatic carbocycles. The first-order chi connectivity index (χ1) is 21.3. The fraction of sp³-hybridized carbons (Fsp3) is 0.158. The maximum absolute atomic E-state index is 5.18. The monoisotopic (exact) mass is 576 g/mol. The number of nitrogens with zero attached hydrogens (tertiary/aromatic N) is 4. The van der Waals surface area contributed by atoms with Gasteiger partial charge >= 0.3 is 0 Å². The van der Waals surface area contributed by atoms with E-state index < -0.39 is 0 Å². The molecule has 2 aliphatic rings. The van der Waals surface area contributed by atoms with Gasteiger partial charge in [0, 0.05) is 72.8 Å². The van der Waals surface area contributed by atoms with Crippen LogP contribution in [0.4, 0.5) is 11.4 Å². The lowest BCUT2D eigenvalue weighted by Crippen LogP contribution is -2.07. The molecule has 0 saturated carbocycles. The highest BCUT2D eigenvalue weighted by molar-refractivity contribution is 5.94. The van der Waals surface area contributed by atoms with Gasteiger partial charge in [-0.3, -0.25) is 0 Å². The Hall–Kier alpha value is -5.36. The molecular weight excluding hydrogens is 540 g/mol. The highest BCUT2D eigenvalue weighted by Gasteiger charge is 2.16. The Balaban J connectivity index is 1.55. The summed E-state index contributed by atoms with van der Waals surface area (Å²) in [5.41, 5.74) is 16.7. The minimum absolute atomic E-state index is 0.934. The molecule has 218 valence electrons. The molecule has 0 spiro atoms. The average Bonchev–Trinajstić information content (AvgIpc) is 3.85. The number of nitrogens with one attached hydrogen (secondary N) is 2. The van der Waals surface area contributed by atoms with Gasteiger partial charge in [0.05, 0.1) is 22.8 Å². The molecule has 7 rings (SSSR count). The summed E-state index contributed by atoms with van der Waals surface area (Å²) in [6.07, 6.45) is 8.49. The quantitative estimate of drug-likeness (QED) is 0.220. The first-order valence-electron chi connectivity index (χ1n) is 14.9. The van der Waals surface area contributed by atoms with Gasteiger partial charge in [-0.15, -0.1) is 0 Å². The van der Waals surface area contributed by atoms with E-state index in [2.05, 4.69) is 159 Å². The van der Waals surface area contributed by atoms with E-state index in [4.69, 9.17) is 9.97 Å². The van der Waals surface area contributed by atoms with Gasteiger partial charge in [0.25, 0.3) is 0 Å². The molecule has 5 aromatic rings. The molecule has 0 unspecified atom stereocenters. The zero-order chi connectivity index (χ0) is 30.5. The Morgan fingerprint density at radius 1 is 0.432 bits per heavy atom. The van der Waals surface area contributed by atoms with Crippen molar-refractivity contribution in [2.45, 2.75) is 13.8 Å². The summed E-state index contributed by atoms with van der Waals surface area (Å²) in [4.78, 5) is 22.0. The maximum Gasteiger partial charge on any atom is 0.0737 e. The van der Waals surface area contributed by atoms with Crippen molar-refractivity contribution < 1.29 is 0 Å². The van der Waals surface area contributed by atoms with Crippen molar-refractivity contribution in [3.8, 4) is 22.3 Å². The standard InChI is InChI=1S/C38H36N6/c1-23-29-15-19-33(39-29)37(25-7-11-27(12-8-25)43(3)4)35-21-17-31(41-35)24(2)32-18-22-36(42-32)38(34-20-16-30(23)40-34)26-9-13-28(14-10-26)44(5)6/h7-22,39,42H,1-6H3. The topological polar surface area (TPSA) is 63.8 Å². The lowest BCUT2D eigenvalue weighted by molar-refractivity contribution is 1.13. The molecule has 5 heterocycles. The summed E-state index contributed by atoms with van der Waals surface area (Å²) >= 11 is 0. The van der Waals surface area contributed by atoms with Gasteiger partial charge in [-0.2, -0.15) is 0 Å². The molecule has 0 amide bonds. The molecule has 6 nitrogen and oxygen atoms in total. The molecule has 0 radical (unpaired) electrons. The lowest BCUT2D eigenvalue weighted by Gasteiger charge is -2.13. The molecule has 0 atom stereocenters. The maximum atomic E-state index is 5.18. The SMILES string of the molecule is Cc1c2nc(c(-c3ccc(N(C)C)cc3)c3ccc([nH]3)c(C)c3nc(c(-c4ccc(N(C)C)cc4)c4ccc1[nH]4)C=C3)C=C2. The van der Waals surface area contributed by atoms with Crippen LogP contribution in [0.5, 0.6) is 0 Å². The first kappa shape index (κ1) is 27.5. The van der Waals surface area contributed by atoms with Gasteiger partial charge < -0.3 is 19.8 Å². The normalized spacial score (nSPS) is 12.1. The Bertz CT molecular complexity index is 1970. The van der Waals surface area contributed by atoms with Crippen LogP contribution in [-0.2, 0) is 0 Å². The van der Waals surface area contributed by atoms with Gasteiger partial charge in [0.1, 0.15) is 0 Å². The van der Waals surface area contributed by atoms with Crippen molar-refractivity contribution in [2.75, 3.05) is 38.0 Å². The van der Waals surface area contributed by atoms with E-state index in [0.717, 1.165) is 89.6 Å². The van der Waals surface area contributed by atoms with Crippen LogP contribution in [-0.4, -0.2) is 48.1 Å². The van der Waals surface area contributed by atoms with Gasteiger partial charge in [0.2, 0.25) is 0 Å². The van der Waals surface area contributed by atoms with E-state index in [0.29, 0.717) is 0 Å². The highest BCUT2D eigenvalue weighted by atomic mass is 15.1. The van der Waals surface area contributed by atoms with E-state index in [1.165, 1.54) is 0 Å². The first-order valence-corrected chi connectivity index (χ1v) is 14.9. The molecule has 3 aromatic heterocycles. The van der Waals surface area contributed by atoms with Crippen LogP contribution in [0, 0.1) is 13.8 Å². The molecule has 0 saturated heterocycles. The number of aromatic nitrogens is 4. The molecule has 6 heteroatoms. The van der Waals surface area contributed by atoms with Crippen LogP contribution in [0.1, 0.15) is 33.9 Å². The smallest absolute Gasteiger partial charge is 0.0737 e. The number of hydrogen-bond donors (Lipinski definition) is 2. The van der Waals surface area contributed by atoms with Crippen molar-refractivity contribution in [3.05, 3.63) is 107 Å². The van der Waals surface area contributed by atoms with Gasteiger partial charge in [-0.05, 0) is 109 Å². The van der Waals surface area contributed by atoms with Crippen molar-refractivity contribution in [3.63, 3.8) is 0 Å². The van der Waals surface area contributed by atoms with E-state index in [1.54, 1.807) is 0 Å². The van der Waals surface area contributed by atoms with Crippen molar-refractivity contribution >= 4 is 57.7 Å². The molecule has 2 aliphatic heterocycles. The number of aromatic amines is 2. The zero-order valence-electron chi connectivity index (χ0n) is 26.0. The Morgan fingerprint density at radius 2 is 0.773 bits per heavy atom. The number of aryl methyl sites for hydroxylation is 2. The Kier molecular flexibility index (Phi) is 6.70. The molecule has 2 N–H and O–H groups in total. The fourth-order valence-corrected chi connectivity index (χ4v) is 5.95. The second kappa shape index (κ2) is 10.7. The van der Waals surface area contributed by atoms with Crippen LogP contribution in [0.3, 0.4) is 0 Å². The summed E-state index contributed by atoms with van der Waals surface area (Å²) in [5, 5.41) is 0. The molecule has 0 aliphatic carbocycles. The molecule has 44 heavy (non-hydrogen) atoms. The van der Waals surface area contributed by atoms with Gasteiger partial charge in [0.15, 0.2) is 0 Å². The predicted octanol–water partition coefficient (Wildman–Crippen LogP) is 8.74. The number of benzene rings is 2. The van der Waals surface area contributed by atoms with E-state index in [1.807, 2.05) is 0 Å². The number of anilines is 2. The zero-order valence-corrected chi connectivity index (χ0v) is 26.0. The summed E-state index contributed by atoms with van der Waals surface area (Å²) in [7, 11) is 8.24. The van der Waals surface area contributed by atoms with Crippen LogP contribution < -0.4 is 9.80 Å². The third-order valence-corrected chi connectivity index (χ3v) is 8.62.